The van der Waals surface area contributed by atoms with Crippen LogP contribution in [0.2, 0.25) is 0 Å². The van der Waals surface area contributed by atoms with Crippen molar-refractivity contribution in [1.29, 1.82) is 0 Å². The average molecular weight is 310 g/mol. The third-order valence-corrected chi connectivity index (χ3v) is 4.84. The van der Waals surface area contributed by atoms with E-state index in [1.807, 2.05) is 6.92 Å². The van der Waals surface area contributed by atoms with Gasteiger partial charge in [-0.05, 0) is 45.8 Å². The van der Waals surface area contributed by atoms with Crippen molar-refractivity contribution in [2.24, 2.45) is 5.92 Å². The fraction of sp³-hybridized carbons (Fsp3) is 0.733. The van der Waals surface area contributed by atoms with Gasteiger partial charge in [0.2, 0.25) is 5.91 Å². The highest BCUT2D eigenvalue weighted by molar-refractivity contribution is 7.14. The third-order valence-electron chi connectivity index (χ3n) is 3.93. The maximum absolute atomic E-state index is 11.5. The van der Waals surface area contributed by atoms with E-state index in [1.54, 1.807) is 23.2 Å². The van der Waals surface area contributed by atoms with Gasteiger partial charge in [-0.15, -0.1) is 11.3 Å². The van der Waals surface area contributed by atoms with Gasteiger partial charge in [-0.2, -0.15) is 0 Å². The molecule has 0 radical (unpaired) electrons. The largest absolute Gasteiger partial charge is 0.317 e. The van der Waals surface area contributed by atoms with Crippen molar-refractivity contribution < 1.29 is 4.79 Å². The fourth-order valence-corrected chi connectivity index (χ4v) is 3.76. The molecule has 0 aromatic carbocycles. The van der Waals surface area contributed by atoms with Crippen molar-refractivity contribution in [1.82, 2.24) is 15.2 Å². The topological polar surface area (TPSA) is 48.5 Å². The smallest absolute Gasteiger partial charge is 0.225 e. The Labute approximate surface area is 131 Å². The molecule has 1 fully saturated rings. The number of carbonyl (C=O) groups is 1. The van der Waals surface area contributed by atoms with E-state index in [0.29, 0.717) is 6.54 Å². The second kappa shape index (κ2) is 7.87. The molecule has 0 atom stereocenters. The van der Waals surface area contributed by atoms with Gasteiger partial charge in [-0.1, -0.05) is 0 Å². The zero-order chi connectivity index (χ0) is 15.2. The zero-order valence-corrected chi connectivity index (χ0v) is 14.1. The summed E-state index contributed by atoms with van der Waals surface area (Å²) in [7, 11) is 2.16. The van der Waals surface area contributed by atoms with Gasteiger partial charge >= 0.3 is 0 Å². The number of thiazole rings is 1. The third kappa shape index (κ3) is 4.76. The van der Waals surface area contributed by atoms with Crippen LogP contribution in [0.25, 0.3) is 0 Å². The highest BCUT2D eigenvalue weighted by atomic mass is 32.1. The molecule has 0 unspecified atom stereocenters. The molecule has 1 amide bonds. The molecule has 1 aromatic heterocycles. The average Bonchev–Trinajstić information content (AvgIpc) is 2.88. The van der Waals surface area contributed by atoms with Crippen LogP contribution in [0.4, 0.5) is 5.13 Å². The monoisotopic (exact) mass is 310 g/mol. The normalized spacial score (nSPS) is 16.4. The Morgan fingerprint density at radius 3 is 2.81 bits per heavy atom. The van der Waals surface area contributed by atoms with Crippen LogP contribution in [0.3, 0.4) is 0 Å². The van der Waals surface area contributed by atoms with Gasteiger partial charge in [0.05, 0.1) is 5.69 Å². The number of hydrogen-bond acceptors (Lipinski definition) is 5. The summed E-state index contributed by atoms with van der Waals surface area (Å²) in [6.45, 7) is 8.51. The Morgan fingerprint density at radius 2 is 2.19 bits per heavy atom. The van der Waals surface area contributed by atoms with E-state index < -0.39 is 0 Å². The van der Waals surface area contributed by atoms with Crippen LogP contribution < -0.4 is 10.2 Å². The highest BCUT2D eigenvalue weighted by Gasteiger charge is 2.17. The predicted octanol–water partition coefficient (Wildman–Crippen LogP) is 1.95. The molecule has 0 bridgehead atoms. The molecule has 0 saturated carbocycles. The Bertz CT molecular complexity index is 456. The first-order valence-electron chi connectivity index (χ1n) is 7.72. The van der Waals surface area contributed by atoms with Crippen LogP contribution >= 0.6 is 11.3 Å². The first-order chi connectivity index (χ1) is 10.1. The molecule has 2 heterocycles. The highest BCUT2D eigenvalue weighted by Crippen LogP contribution is 2.22. The number of hydrogen-bond donors (Lipinski definition) is 1. The molecule has 5 nitrogen and oxygen atoms in total. The molecule has 1 saturated heterocycles. The molecular weight excluding hydrogens is 284 g/mol. The number of aromatic nitrogens is 1. The van der Waals surface area contributed by atoms with Crippen LogP contribution in [0.1, 0.15) is 32.4 Å². The Hall–Kier alpha value is -0.980. The zero-order valence-electron chi connectivity index (χ0n) is 13.3. The minimum absolute atomic E-state index is 0.0569. The maximum Gasteiger partial charge on any atom is 0.225 e. The maximum atomic E-state index is 11.5. The lowest BCUT2D eigenvalue weighted by molar-refractivity contribution is -0.116. The van der Waals surface area contributed by atoms with Crippen molar-refractivity contribution in [2.45, 2.75) is 33.2 Å². The van der Waals surface area contributed by atoms with Gasteiger partial charge in [-0.25, -0.2) is 4.98 Å². The first-order valence-corrected chi connectivity index (χ1v) is 8.60. The van der Waals surface area contributed by atoms with E-state index in [1.165, 1.54) is 12.8 Å². The molecule has 1 aliphatic rings. The van der Waals surface area contributed by atoms with E-state index in [4.69, 9.17) is 0 Å². The Morgan fingerprint density at radius 1 is 1.48 bits per heavy atom. The van der Waals surface area contributed by atoms with Crippen molar-refractivity contribution in [2.75, 3.05) is 38.1 Å². The Kier molecular flexibility index (Phi) is 6.14. The van der Waals surface area contributed by atoms with E-state index in [0.717, 1.165) is 42.9 Å². The second-order valence-electron chi connectivity index (χ2n) is 5.77. The molecule has 118 valence electrons. The predicted molar refractivity (Wildman–Crippen MR) is 87.7 cm³/mol. The summed E-state index contributed by atoms with van der Waals surface area (Å²) in [4.78, 5) is 20.2. The van der Waals surface area contributed by atoms with Crippen LogP contribution in [0.15, 0.2) is 5.38 Å². The van der Waals surface area contributed by atoms with Crippen molar-refractivity contribution >= 4 is 22.4 Å². The van der Waals surface area contributed by atoms with Gasteiger partial charge in [0, 0.05) is 31.9 Å². The fourth-order valence-electron chi connectivity index (χ4n) is 2.83. The number of amides is 1. The minimum atomic E-state index is 0.0569. The van der Waals surface area contributed by atoms with Crippen LogP contribution in [0.5, 0.6) is 0 Å². The number of nitrogens with one attached hydrogen (secondary N) is 1. The molecule has 6 heteroatoms. The van der Waals surface area contributed by atoms with Crippen LogP contribution in [-0.4, -0.2) is 49.0 Å². The quantitative estimate of drug-likeness (QED) is 0.872. The lowest BCUT2D eigenvalue weighted by Gasteiger charge is -2.27. The molecule has 1 aliphatic heterocycles. The van der Waals surface area contributed by atoms with E-state index in [2.05, 4.69) is 27.6 Å². The SMILES string of the molecule is CCN(C(C)=O)c1nc(CN(C)CC2CCNCC2)cs1. The van der Waals surface area contributed by atoms with Crippen molar-refractivity contribution in [3.63, 3.8) is 0 Å². The van der Waals surface area contributed by atoms with Crippen molar-refractivity contribution in [3.8, 4) is 0 Å². The van der Waals surface area contributed by atoms with Gasteiger partial charge in [0.1, 0.15) is 0 Å². The van der Waals surface area contributed by atoms with E-state index >= 15 is 0 Å². The minimum Gasteiger partial charge on any atom is -0.317 e. The lowest BCUT2D eigenvalue weighted by atomic mass is 9.98. The molecule has 0 spiro atoms. The number of rotatable bonds is 6. The summed E-state index contributed by atoms with van der Waals surface area (Å²) in [5.74, 6) is 0.847. The summed E-state index contributed by atoms with van der Waals surface area (Å²) in [5.41, 5.74) is 1.06. The molecule has 1 N–H and O–H groups in total. The number of anilines is 1. The van der Waals surface area contributed by atoms with E-state index in [9.17, 15) is 4.79 Å². The first kappa shape index (κ1) is 16.4. The standard InChI is InChI=1S/C15H26N4OS/c1-4-19(12(2)20)15-17-14(11-21-15)10-18(3)9-13-5-7-16-8-6-13/h11,13,16H,4-10H2,1-3H3. The molecule has 21 heavy (non-hydrogen) atoms. The van der Waals surface area contributed by atoms with E-state index in [-0.39, 0.29) is 5.91 Å². The van der Waals surface area contributed by atoms with Crippen LogP contribution in [-0.2, 0) is 11.3 Å². The number of piperidine rings is 1. The summed E-state index contributed by atoms with van der Waals surface area (Å²) in [6, 6.07) is 0. The molecule has 2 rings (SSSR count). The summed E-state index contributed by atoms with van der Waals surface area (Å²) in [5, 5.41) is 6.29. The molecular formula is C15H26N4OS. The van der Waals surface area contributed by atoms with Crippen LogP contribution in [0, 0.1) is 5.92 Å². The second-order valence-corrected chi connectivity index (χ2v) is 6.61. The van der Waals surface area contributed by atoms with Crippen molar-refractivity contribution in [3.05, 3.63) is 11.1 Å². The molecule has 1 aromatic rings. The summed E-state index contributed by atoms with van der Waals surface area (Å²) in [6.07, 6.45) is 2.53. The lowest BCUT2D eigenvalue weighted by Crippen LogP contribution is -2.34. The van der Waals surface area contributed by atoms with Gasteiger partial charge in [0.15, 0.2) is 5.13 Å². The number of carbonyl (C=O) groups excluding carboxylic acids is 1. The van der Waals surface area contributed by atoms with Gasteiger partial charge in [0.25, 0.3) is 0 Å². The van der Waals surface area contributed by atoms with Gasteiger partial charge < -0.3 is 10.2 Å². The summed E-state index contributed by atoms with van der Waals surface area (Å²) >= 11 is 1.56. The van der Waals surface area contributed by atoms with Gasteiger partial charge in [-0.3, -0.25) is 9.69 Å². The number of nitrogens with zero attached hydrogens (tertiary/aromatic N) is 3. The molecule has 0 aliphatic carbocycles. The Balaban J connectivity index is 1.87. The summed E-state index contributed by atoms with van der Waals surface area (Å²) < 4.78 is 0.